The molecule has 21 heavy (non-hydrogen) atoms. The van der Waals surface area contributed by atoms with Crippen LogP contribution in [0.4, 0.5) is 0 Å². The summed E-state index contributed by atoms with van der Waals surface area (Å²) in [6.45, 7) is 2.17. The van der Waals surface area contributed by atoms with Crippen molar-refractivity contribution in [1.82, 2.24) is 14.9 Å². The highest BCUT2D eigenvalue weighted by atomic mass is 16.6. The van der Waals surface area contributed by atoms with E-state index in [1.54, 1.807) is 0 Å². The Bertz CT molecular complexity index is 621. The maximum Gasteiger partial charge on any atom is 0.161 e. The van der Waals surface area contributed by atoms with E-state index >= 15 is 0 Å². The molecule has 1 atom stereocenters. The van der Waals surface area contributed by atoms with Gasteiger partial charge in [0.15, 0.2) is 11.5 Å². The molecule has 1 unspecified atom stereocenters. The Hall–Kier alpha value is -2.01. The van der Waals surface area contributed by atoms with Crippen molar-refractivity contribution in [2.24, 2.45) is 0 Å². The second-order valence-electron chi connectivity index (χ2n) is 5.65. The number of nitrogens with zero attached hydrogens (tertiary/aromatic N) is 2. The molecule has 0 saturated heterocycles. The van der Waals surface area contributed by atoms with Crippen LogP contribution in [0.3, 0.4) is 0 Å². The molecule has 1 aliphatic carbocycles. The molecular formula is C16H19N3O2. The van der Waals surface area contributed by atoms with Crippen LogP contribution in [-0.4, -0.2) is 28.8 Å². The Morgan fingerprint density at radius 1 is 1.24 bits per heavy atom. The molecule has 1 fully saturated rings. The van der Waals surface area contributed by atoms with Crippen molar-refractivity contribution >= 4 is 0 Å². The van der Waals surface area contributed by atoms with Crippen molar-refractivity contribution in [3.8, 4) is 11.5 Å². The van der Waals surface area contributed by atoms with Gasteiger partial charge in [-0.3, -0.25) is 0 Å². The van der Waals surface area contributed by atoms with Gasteiger partial charge in [-0.25, -0.2) is 4.98 Å². The number of hydrogen-bond acceptors (Lipinski definition) is 4. The smallest absolute Gasteiger partial charge is 0.161 e. The molecule has 1 aromatic heterocycles. The molecule has 5 heteroatoms. The van der Waals surface area contributed by atoms with Gasteiger partial charge in [-0.2, -0.15) is 0 Å². The second kappa shape index (κ2) is 5.41. The van der Waals surface area contributed by atoms with Crippen molar-refractivity contribution in [3.63, 3.8) is 0 Å². The standard InChI is InChI=1S/C16H19N3O2/c1-2-4-16-15(3-1)20-10-14(21-16)9-17-7-13-8-18-11-19(13)12-5-6-12/h1-4,8,11-12,14,17H,5-7,9-10H2. The summed E-state index contributed by atoms with van der Waals surface area (Å²) >= 11 is 0. The number of rotatable bonds is 5. The molecule has 2 aliphatic rings. The third kappa shape index (κ3) is 2.74. The lowest BCUT2D eigenvalue weighted by molar-refractivity contribution is 0.0901. The van der Waals surface area contributed by atoms with Crippen LogP contribution >= 0.6 is 0 Å². The molecule has 4 rings (SSSR count). The van der Waals surface area contributed by atoms with Gasteiger partial charge in [0.05, 0.1) is 12.0 Å². The highest BCUT2D eigenvalue weighted by Crippen LogP contribution is 2.35. The van der Waals surface area contributed by atoms with Crippen molar-refractivity contribution in [2.45, 2.75) is 31.5 Å². The number of nitrogens with one attached hydrogen (secondary N) is 1. The first-order valence-electron chi connectivity index (χ1n) is 7.50. The minimum Gasteiger partial charge on any atom is -0.486 e. The second-order valence-corrected chi connectivity index (χ2v) is 5.65. The highest BCUT2D eigenvalue weighted by Gasteiger charge is 2.25. The monoisotopic (exact) mass is 285 g/mol. The molecule has 0 amide bonds. The Labute approximate surface area is 123 Å². The SMILES string of the molecule is c1ccc2c(c1)OCC(CNCc1cncn1C1CC1)O2. The molecule has 5 nitrogen and oxygen atoms in total. The van der Waals surface area contributed by atoms with E-state index in [9.17, 15) is 0 Å². The molecule has 2 heterocycles. The average molecular weight is 285 g/mol. The predicted octanol–water partition coefficient (Wildman–Crippen LogP) is 2.15. The van der Waals surface area contributed by atoms with Crippen LogP contribution in [-0.2, 0) is 6.54 Å². The number of fused-ring (bicyclic) bond motifs is 1. The summed E-state index contributed by atoms with van der Waals surface area (Å²) < 4.78 is 13.9. The number of ether oxygens (including phenoxy) is 2. The molecular weight excluding hydrogens is 266 g/mol. The summed E-state index contributed by atoms with van der Waals surface area (Å²) in [5, 5.41) is 3.45. The van der Waals surface area contributed by atoms with Crippen molar-refractivity contribution in [3.05, 3.63) is 42.5 Å². The summed E-state index contributed by atoms with van der Waals surface area (Å²) in [4.78, 5) is 4.25. The molecule has 0 bridgehead atoms. The van der Waals surface area contributed by atoms with Crippen LogP contribution in [0.2, 0.25) is 0 Å². The van der Waals surface area contributed by atoms with Gasteiger partial charge in [0.25, 0.3) is 0 Å². The van der Waals surface area contributed by atoms with E-state index in [1.165, 1.54) is 18.5 Å². The topological polar surface area (TPSA) is 48.3 Å². The zero-order valence-electron chi connectivity index (χ0n) is 11.9. The predicted molar refractivity (Wildman–Crippen MR) is 78.6 cm³/mol. The molecule has 110 valence electrons. The van der Waals surface area contributed by atoms with Crippen LogP contribution in [0.15, 0.2) is 36.8 Å². The van der Waals surface area contributed by atoms with E-state index in [0.29, 0.717) is 12.6 Å². The summed E-state index contributed by atoms with van der Waals surface area (Å²) in [7, 11) is 0. The van der Waals surface area contributed by atoms with E-state index in [1.807, 2.05) is 36.8 Å². The first kappa shape index (κ1) is 12.7. The van der Waals surface area contributed by atoms with Crippen molar-refractivity contribution < 1.29 is 9.47 Å². The largest absolute Gasteiger partial charge is 0.486 e. The molecule has 0 spiro atoms. The zero-order valence-corrected chi connectivity index (χ0v) is 11.9. The van der Waals surface area contributed by atoms with Crippen LogP contribution in [0.5, 0.6) is 11.5 Å². The van der Waals surface area contributed by atoms with Crippen LogP contribution in [0.1, 0.15) is 24.6 Å². The Morgan fingerprint density at radius 2 is 2.10 bits per heavy atom. The molecule has 1 N–H and O–H groups in total. The van der Waals surface area contributed by atoms with Crippen LogP contribution < -0.4 is 14.8 Å². The quantitative estimate of drug-likeness (QED) is 0.914. The molecule has 1 aliphatic heterocycles. The fraction of sp³-hybridized carbons (Fsp3) is 0.438. The van der Waals surface area contributed by atoms with E-state index in [2.05, 4.69) is 14.9 Å². The number of imidazole rings is 1. The minimum atomic E-state index is 0.0530. The van der Waals surface area contributed by atoms with Crippen LogP contribution in [0, 0.1) is 0 Å². The third-order valence-electron chi connectivity index (χ3n) is 3.93. The fourth-order valence-corrected chi connectivity index (χ4v) is 2.68. The summed E-state index contributed by atoms with van der Waals surface area (Å²) in [6.07, 6.45) is 6.49. The molecule has 1 saturated carbocycles. The van der Waals surface area contributed by atoms with Gasteiger partial charge in [0.2, 0.25) is 0 Å². The van der Waals surface area contributed by atoms with Crippen LogP contribution in [0.25, 0.3) is 0 Å². The first-order chi connectivity index (χ1) is 10.4. The van der Waals surface area contributed by atoms with E-state index < -0.39 is 0 Å². The number of benzene rings is 1. The first-order valence-corrected chi connectivity index (χ1v) is 7.50. The Kier molecular flexibility index (Phi) is 3.27. The van der Waals surface area contributed by atoms with Gasteiger partial charge in [0, 0.05) is 25.3 Å². The lowest BCUT2D eigenvalue weighted by Gasteiger charge is -2.26. The maximum atomic E-state index is 5.93. The zero-order chi connectivity index (χ0) is 14.1. The molecule has 1 aromatic carbocycles. The van der Waals surface area contributed by atoms with Gasteiger partial charge in [-0.15, -0.1) is 0 Å². The van der Waals surface area contributed by atoms with Crippen molar-refractivity contribution in [2.75, 3.05) is 13.2 Å². The Balaban J connectivity index is 1.31. The lowest BCUT2D eigenvalue weighted by atomic mass is 10.2. The van der Waals surface area contributed by atoms with E-state index in [-0.39, 0.29) is 6.10 Å². The summed E-state index contributed by atoms with van der Waals surface area (Å²) in [5.41, 5.74) is 1.25. The summed E-state index contributed by atoms with van der Waals surface area (Å²) in [6, 6.07) is 8.48. The Morgan fingerprint density at radius 3 is 2.95 bits per heavy atom. The maximum absolute atomic E-state index is 5.93. The summed E-state index contributed by atoms with van der Waals surface area (Å²) in [5.74, 6) is 1.67. The number of para-hydroxylation sites is 2. The van der Waals surface area contributed by atoms with Gasteiger partial charge in [0.1, 0.15) is 12.7 Å². The number of hydrogen-bond donors (Lipinski definition) is 1. The van der Waals surface area contributed by atoms with Crippen molar-refractivity contribution in [1.29, 1.82) is 0 Å². The molecule has 0 radical (unpaired) electrons. The van der Waals surface area contributed by atoms with Gasteiger partial charge in [-0.1, -0.05) is 12.1 Å². The minimum absolute atomic E-state index is 0.0530. The number of aromatic nitrogens is 2. The van der Waals surface area contributed by atoms with Gasteiger partial charge in [-0.05, 0) is 25.0 Å². The normalized spacial score (nSPS) is 20.5. The van der Waals surface area contributed by atoms with E-state index in [4.69, 9.17) is 9.47 Å². The van der Waals surface area contributed by atoms with E-state index in [0.717, 1.165) is 24.6 Å². The average Bonchev–Trinajstić information content (AvgIpc) is 3.26. The van der Waals surface area contributed by atoms with Gasteiger partial charge < -0.3 is 19.4 Å². The fourth-order valence-electron chi connectivity index (χ4n) is 2.68. The molecule has 2 aromatic rings. The lowest BCUT2D eigenvalue weighted by Crippen LogP contribution is -2.38. The highest BCUT2D eigenvalue weighted by molar-refractivity contribution is 5.40. The van der Waals surface area contributed by atoms with Gasteiger partial charge >= 0.3 is 0 Å². The third-order valence-corrected chi connectivity index (χ3v) is 3.93.